The Morgan fingerprint density at radius 1 is 0.478 bits per heavy atom. The lowest BCUT2D eigenvalue weighted by Crippen LogP contribution is -2.31. The summed E-state index contributed by atoms with van der Waals surface area (Å²) in [5, 5.41) is 2.70. The van der Waals surface area contributed by atoms with E-state index in [0.29, 0.717) is 19.3 Å². The van der Waals surface area contributed by atoms with Crippen molar-refractivity contribution < 1.29 is 42.4 Å². The summed E-state index contributed by atoms with van der Waals surface area (Å²) in [5.41, 5.74) is 0. The highest BCUT2D eigenvalue weighted by molar-refractivity contribution is 7.45. The van der Waals surface area contributed by atoms with Crippen LogP contribution in [0.4, 0.5) is 0 Å². The molecule has 11 nitrogen and oxygen atoms in total. The molecule has 5 N–H and O–H groups in total. The van der Waals surface area contributed by atoms with Gasteiger partial charge >= 0.3 is 11.9 Å². The molecule has 0 heterocycles. The highest BCUT2D eigenvalue weighted by Crippen LogP contribution is 2.38. The number of nitrogens with one attached hydrogen (secondary N) is 1. The predicted octanol–water partition coefficient (Wildman–Crippen LogP) is 16.2. The van der Waals surface area contributed by atoms with E-state index in [2.05, 4.69) is 50.4 Å². The molecule has 396 valence electrons. The lowest BCUT2D eigenvalue weighted by Gasteiger charge is -2.25. The smallest absolute Gasteiger partial charge is 0.306 e. The summed E-state index contributed by atoms with van der Waals surface area (Å²) >= 11 is 0. The van der Waals surface area contributed by atoms with E-state index in [4.69, 9.17) is 18.5 Å². The van der Waals surface area contributed by atoms with Gasteiger partial charge in [-0.2, -0.15) is 0 Å². The number of hydrogen-bond donors (Lipinski definition) is 2. The molecule has 2 atom stereocenters. The van der Waals surface area contributed by atoms with E-state index >= 15 is 0 Å². The van der Waals surface area contributed by atoms with Crippen molar-refractivity contribution in [3.8, 4) is 0 Å². The lowest BCUT2D eigenvalue weighted by atomic mass is 10.0. The molecule has 1 unspecified atom stereocenters. The van der Waals surface area contributed by atoms with Crippen LogP contribution in [0.1, 0.15) is 278 Å². The SMILES string of the molecule is CCCCC/C=C\C/C=C\CCCCCCCC(=O)NCCOP(=O)([O-])OC[C@@H](COC(=O)CCCCCCCCCCCCCCC)OC(=O)CCCCCCCCCCCCCCC.[NH4+]. The van der Waals surface area contributed by atoms with E-state index in [0.717, 1.165) is 77.0 Å². The van der Waals surface area contributed by atoms with Crippen LogP contribution in [-0.2, 0) is 37.5 Å². The van der Waals surface area contributed by atoms with Gasteiger partial charge in [0, 0.05) is 25.8 Å². The average Bonchev–Trinajstić information content (AvgIpc) is 3.30. The molecule has 0 aliphatic carbocycles. The molecule has 1 amide bonds. The molecule has 67 heavy (non-hydrogen) atoms. The maximum Gasteiger partial charge on any atom is 0.306 e. The quantitative estimate of drug-likeness (QED) is 0.0260. The molecule has 0 rings (SSSR count). The molecule has 0 aromatic rings. The van der Waals surface area contributed by atoms with Gasteiger partial charge in [0.25, 0.3) is 7.82 Å². The normalized spacial score (nSPS) is 12.9. The number of unbranched alkanes of at least 4 members (excludes halogenated alkanes) is 32. The van der Waals surface area contributed by atoms with Crippen LogP contribution >= 0.6 is 7.82 Å². The van der Waals surface area contributed by atoms with E-state index in [1.807, 2.05) is 0 Å². The molecule has 0 saturated carbocycles. The van der Waals surface area contributed by atoms with E-state index in [-0.39, 0.29) is 44.7 Å². The molecule has 0 radical (unpaired) electrons. The van der Waals surface area contributed by atoms with Crippen LogP contribution in [0.2, 0.25) is 0 Å². The zero-order chi connectivity index (χ0) is 48.3. The minimum absolute atomic E-state index is 0. The molecule has 0 aromatic carbocycles. The van der Waals surface area contributed by atoms with Gasteiger partial charge in [0.05, 0.1) is 13.2 Å². The van der Waals surface area contributed by atoms with Crippen LogP contribution in [0.25, 0.3) is 0 Å². The van der Waals surface area contributed by atoms with Crippen LogP contribution in [0.3, 0.4) is 0 Å². The molecule has 0 aliphatic rings. The minimum atomic E-state index is -4.79. The van der Waals surface area contributed by atoms with Gasteiger partial charge in [0.15, 0.2) is 6.10 Å². The van der Waals surface area contributed by atoms with Gasteiger partial charge in [-0.25, -0.2) is 0 Å². The number of allylic oxidation sites excluding steroid dienone is 4. The van der Waals surface area contributed by atoms with Crippen LogP contribution in [0, 0.1) is 0 Å². The number of carbonyl (C=O) groups is 3. The lowest BCUT2D eigenvalue weighted by molar-refractivity contribution is -0.228. The minimum Gasteiger partial charge on any atom is -0.756 e. The van der Waals surface area contributed by atoms with Gasteiger partial charge in [0.2, 0.25) is 5.91 Å². The zero-order valence-electron chi connectivity index (χ0n) is 44.1. The highest BCUT2D eigenvalue weighted by atomic mass is 31.2. The standard InChI is InChI=1S/C55H104NO9P.H3N/c1-4-7-10-13-16-19-22-25-26-29-30-33-36-39-42-45-53(57)56-48-49-63-66(60,61)64-51-52(65-55(59)47-44-41-38-35-32-28-24-21-18-15-12-9-6-3)50-62-54(58)46-43-40-37-34-31-27-23-20-17-14-11-8-5-2;/h16,19,25-26,52H,4-15,17-18,20-24,27-51H2,1-3H3,(H,56,57)(H,60,61);1H3/b19-16-,26-25-;/t52-;/m1./s1. The fourth-order valence-corrected chi connectivity index (χ4v) is 8.68. The van der Waals surface area contributed by atoms with Crippen molar-refractivity contribution in [3.05, 3.63) is 24.3 Å². The van der Waals surface area contributed by atoms with Crippen molar-refractivity contribution >= 4 is 25.7 Å². The monoisotopic (exact) mass is 971 g/mol. The molecule has 0 fully saturated rings. The van der Waals surface area contributed by atoms with Crippen LogP contribution in [0.15, 0.2) is 24.3 Å². The molecule has 0 aliphatic heterocycles. The van der Waals surface area contributed by atoms with Gasteiger partial charge < -0.3 is 34.9 Å². The third kappa shape index (κ3) is 53.2. The Morgan fingerprint density at radius 2 is 0.851 bits per heavy atom. The maximum atomic E-state index is 12.8. The molecule has 12 heteroatoms. The van der Waals surface area contributed by atoms with Gasteiger partial charge in [-0.05, 0) is 51.4 Å². The van der Waals surface area contributed by atoms with Crippen LogP contribution in [0.5, 0.6) is 0 Å². The molecule has 0 bridgehead atoms. The second-order valence-electron chi connectivity index (χ2n) is 18.7. The predicted molar refractivity (Wildman–Crippen MR) is 279 cm³/mol. The Kier molecular flexibility index (Phi) is 53.3. The summed E-state index contributed by atoms with van der Waals surface area (Å²) in [4.78, 5) is 50.3. The summed E-state index contributed by atoms with van der Waals surface area (Å²) in [5.74, 6) is -1.04. The third-order valence-corrected chi connectivity index (χ3v) is 13.1. The summed E-state index contributed by atoms with van der Waals surface area (Å²) < 4.78 is 33.7. The van der Waals surface area contributed by atoms with E-state index in [1.54, 1.807) is 0 Å². The molecule has 0 saturated heterocycles. The van der Waals surface area contributed by atoms with E-state index in [1.165, 1.54) is 148 Å². The van der Waals surface area contributed by atoms with Gasteiger partial charge in [-0.3, -0.25) is 18.9 Å². The summed E-state index contributed by atoms with van der Waals surface area (Å²) in [6, 6.07) is 0. The van der Waals surface area contributed by atoms with Crippen molar-refractivity contribution in [3.63, 3.8) is 0 Å². The van der Waals surface area contributed by atoms with Crippen LogP contribution in [-0.4, -0.2) is 50.3 Å². The van der Waals surface area contributed by atoms with E-state index in [9.17, 15) is 23.8 Å². The largest absolute Gasteiger partial charge is 0.756 e. The maximum absolute atomic E-state index is 12.8. The molecule has 0 spiro atoms. The number of rotatable bonds is 52. The number of phosphoric acid groups is 1. The first-order valence-corrected chi connectivity index (χ1v) is 29.2. The average molecular weight is 971 g/mol. The van der Waals surface area contributed by atoms with Gasteiger partial charge in [0.1, 0.15) is 6.61 Å². The Labute approximate surface area is 412 Å². The van der Waals surface area contributed by atoms with Gasteiger partial charge in [-0.1, -0.05) is 231 Å². The number of esters is 2. The summed E-state index contributed by atoms with van der Waals surface area (Å²) in [6.45, 7) is 5.62. The van der Waals surface area contributed by atoms with E-state index < -0.39 is 32.5 Å². The Hall–Kier alpha value is -2.04. The highest BCUT2D eigenvalue weighted by Gasteiger charge is 2.21. The third-order valence-electron chi connectivity index (χ3n) is 12.1. The first kappa shape index (κ1) is 67.0. The number of ether oxygens (including phenoxy) is 2. The number of amides is 1. The fourth-order valence-electron chi connectivity index (χ4n) is 7.94. The van der Waals surface area contributed by atoms with Crippen molar-refractivity contribution in [2.75, 3.05) is 26.4 Å². The van der Waals surface area contributed by atoms with Crippen molar-refractivity contribution in [1.29, 1.82) is 0 Å². The fraction of sp³-hybridized carbons (Fsp3) is 0.873. The molecular formula is C55H107N2O9P. The Bertz CT molecular complexity index is 1200. The van der Waals surface area contributed by atoms with Crippen molar-refractivity contribution in [2.45, 2.75) is 284 Å². The van der Waals surface area contributed by atoms with Crippen molar-refractivity contribution in [2.24, 2.45) is 0 Å². The van der Waals surface area contributed by atoms with Gasteiger partial charge in [-0.15, -0.1) is 0 Å². The Morgan fingerprint density at radius 3 is 1.31 bits per heavy atom. The second kappa shape index (κ2) is 53.3. The topological polar surface area (TPSA) is 177 Å². The van der Waals surface area contributed by atoms with Crippen molar-refractivity contribution in [1.82, 2.24) is 11.5 Å². The molecular weight excluding hydrogens is 864 g/mol. The molecule has 0 aromatic heterocycles. The second-order valence-corrected chi connectivity index (χ2v) is 20.1. The summed E-state index contributed by atoms with van der Waals surface area (Å²) in [6.07, 6.45) is 52.2. The Balaban J connectivity index is 0. The number of quaternary nitrogens is 1. The first-order valence-electron chi connectivity index (χ1n) is 27.8. The number of phosphoric ester groups is 1. The van der Waals surface area contributed by atoms with Crippen LogP contribution < -0.4 is 16.4 Å². The number of hydrogen-bond acceptors (Lipinski definition) is 9. The summed E-state index contributed by atoms with van der Waals surface area (Å²) in [7, 11) is -4.79. The number of carbonyl (C=O) groups excluding carboxylic acids is 3. The zero-order valence-corrected chi connectivity index (χ0v) is 45.0. The first-order chi connectivity index (χ1) is 32.2.